The highest BCUT2D eigenvalue weighted by atomic mass is 15.2. The van der Waals surface area contributed by atoms with Gasteiger partial charge in [-0.05, 0) is 70.0 Å². The number of hydrogen-bond donors (Lipinski definition) is 1. The highest BCUT2D eigenvalue weighted by molar-refractivity contribution is 5.45. The predicted molar refractivity (Wildman–Crippen MR) is 89.0 cm³/mol. The summed E-state index contributed by atoms with van der Waals surface area (Å²) in [4.78, 5) is 7.55. The van der Waals surface area contributed by atoms with Crippen LogP contribution < -0.4 is 10.2 Å². The summed E-state index contributed by atoms with van der Waals surface area (Å²) in [6.07, 6.45) is 8.82. The minimum absolute atomic E-state index is 0.542. The van der Waals surface area contributed by atoms with Gasteiger partial charge in [0.05, 0.1) is 0 Å². The molecule has 2 heterocycles. The monoisotopic (exact) mass is 287 g/mol. The molecule has 21 heavy (non-hydrogen) atoms. The lowest BCUT2D eigenvalue weighted by Gasteiger charge is -2.40. The van der Waals surface area contributed by atoms with Crippen molar-refractivity contribution in [3.63, 3.8) is 0 Å². The Kier molecular flexibility index (Phi) is 4.79. The molecule has 0 bridgehead atoms. The van der Waals surface area contributed by atoms with E-state index in [1.807, 2.05) is 0 Å². The zero-order chi connectivity index (χ0) is 14.7. The van der Waals surface area contributed by atoms with Crippen LogP contribution in [0.25, 0.3) is 0 Å². The molecule has 1 N–H and O–H groups in total. The molecule has 1 aliphatic heterocycles. The highest BCUT2D eigenvalue weighted by Crippen LogP contribution is 2.28. The molecule has 1 aromatic rings. The van der Waals surface area contributed by atoms with Gasteiger partial charge in [-0.3, -0.25) is 0 Å². The standard InChI is InChI=1S/C18H29N3/c1-3-12-19-14(2)17-9-4-5-13-21(17)18-11-10-15-7-6-8-16(15)20-18/h10-11,14,17,19H,3-9,12-13H2,1-2H3. The number of hydrogen-bond acceptors (Lipinski definition) is 3. The van der Waals surface area contributed by atoms with Gasteiger partial charge < -0.3 is 10.2 Å². The van der Waals surface area contributed by atoms with E-state index in [-0.39, 0.29) is 0 Å². The molecule has 2 unspecified atom stereocenters. The Morgan fingerprint density at radius 2 is 2.19 bits per heavy atom. The van der Waals surface area contributed by atoms with Crippen molar-refractivity contribution in [1.29, 1.82) is 0 Å². The minimum atomic E-state index is 0.542. The number of aromatic nitrogens is 1. The molecule has 0 amide bonds. The van der Waals surface area contributed by atoms with Crippen molar-refractivity contribution < 1.29 is 0 Å². The predicted octanol–water partition coefficient (Wildman–Crippen LogP) is 3.32. The van der Waals surface area contributed by atoms with Gasteiger partial charge >= 0.3 is 0 Å². The Hall–Kier alpha value is -1.09. The normalized spacial score (nSPS) is 23.1. The van der Waals surface area contributed by atoms with Crippen molar-refractivity contribution in [2.24, 2.45) is 0 Å². The molecule has 1 fully saturated rings. The number of pyridine rings is 1. The van der Waals surface area contributed by atoms with Crippen LogP contribution in [0.2, 0.25) is 0 Å². The van der Waals surface area contributed by atoms with Crippen molar-refractivity contribution in [3.05, 3.63) is 23.4 Å². The Labute approximate surface area is 129 Å². The van der Waals surface area contributed by atoms with E-state index in [9.17, 15) is 0 Å². The smallest absolute Gasteiger partial charge is 0.129 e. The fourth-order valence-corrected chi connectivity index (χ4v) is 3.84. The zero-order valence-corrected chi connectivity index (χ0v) is 13.6. The molecule has 3 heteroatoms. The molecule has 0 radical (unpaired) electrons. The first-order valence-electron chi connectivity index (χ1n) is 8.78. The number of anilines is 1. The van der Waals surface area contributed by atoms with Gasteiger partial charge in [-0.25, -0.2) is 4.98 Å². The maximum Gasteiger partial charge on any atom is 0.129 e. The van der Waals surface area contributed by atoms with Crippen LogP contribution in [0.5, 0.6) is 0 Å². The molecule has 116 valence electrons. The Bertz CT molecular complexity index is 472. The fourth-order valence-electron chi connectivity index (χ4n) is 3.84. The van der Waals surface area contributed by atoms with Crippen molar-refractivity contribution in [1.82, 2.24) is 10.3 Å². The summed E-state index contributed by atoms with van der Waals surface area (Å²) < 4.78 is 0. The largest absolute Gasteiger partial charge is 0.352 e. The summed E-state index contributed by atoms with van der Waals surface area (Å²) in [6.45, 7) is 6.85. The van der Waals surface area contributed by atoms with Crippen LogP contribution in [0, 0.1) is 0 Å². The maximum absolute atomic E-state index is 4.99. The minimum Gasteiger partial charge on any atom is -0.352 e. The molecule has 1 saturated heterocycles. The number of nitrogens with zero attached hydrogens (tertiary/aromatic N) is 2. The van der Waals surface area contributed by atoms with Gasteiger partial charge in [-0.15, -0.1) is 0 Å². The summed E-state index contributed by atoms with van der Waals surface area (Å²) in [5, 5.41) is 3.68. The van der Waals surface area contributed by atoms with E-state index in [1.165, 1.54) is 62.0 Å². The zero-order valence-electron chi connectivity index (χ0n) is 13.6. The van der Waals surface area contributed by atoms with E-state index in [0.717, 1.165) is 13.1 Å². The molecule has 2 aliphatic rings. The first kappa shape index (κ1) is 14.8. The summed E-state index contributed by atoms with van der Waals surface area (Å²) in [6, 6.07) is 5.72. The molecule has 2 atom stereocenters. The first-order chi connectivity index (χ1) is 10.3. The molecule has 1 aromatic heterocycles. The lowest BCUT2D eigenvalue weighted by Crippen LogP contribution is -2.51. The van der Waals surface area contributed by atoms with Crippen LogP contribution in [0.1, 0.15) is 57.2 Å². The van der Waals surface area contributed by atoms with Crippen LogP contribution in [-0.4, -0.2) is 30.2 Å². The fraction of sp³-hybridized carbons (Fsp3) is 0.722. The van der Waals surface area contributed by atoms with Crippen molar-refractivity contribution in [2.75, 3.05) is 18.0 Å². The van der Waals surface area contributed by atoms with E-state index >= 15 is 0 Å². The van der Waals surface area contributed by atoms with Gasteiger partial charge in [-0.1, -0.05) is 13.0 Å². The van der Waals surface area contributed by atoms with Crippen LogP contribution in [0.4, 0.5) is 5.82 Å². The van der Waals surface area contributed by atoms with E-state index in [4.69, 9.17) is 4.98 Å². The van der Waals surface area contributed by atoms with Gasteiger partial charge in [0, 0.05) is 24.3 Å². The number of fused-ring (bicyclic) bond motifs is 1. The molecule has 0 aromatic carbocycles. The molecule has 0 spiro atoms. The topological polar surface area (TPSA) is 28.2 Å². The van der Waals surface area contributed by atoms with Gasteiger partial charge in [0.1, 0.15) is 5.82 Å². The molecule has 1 aliphatic carbocycles. The average Bonchev–Trinajstić information content (AvgIpc) is 3.00. The van der Waals surface area contributed by atoms with E-state index < -0.39 is 0 Å². The number of piperidine rings is 1. The van der Waals surface area contributed by atoms with Crippen LogP contribution in [0.3, 0.4) is 0 Å². The third-order valence-corrected chi connectivity index (χ3v) is 5.05. The van der Waals surface area contributed by atoms with E-state index in [0.29, 0.717) is 12.1 Å². The van der Waals surface area contributed by atoms with Crippen LogP contribution in [-0.2, 0) is 12.8 Å². The second kappa shape index (κ2) is 6.78. The average molecular weight is 287 g/mol. The Morgan fingerprint density at radius 3 is 3.05 bits per heavy atom. The van der Waals surface area contributed by atoms with Gasteiger partial charge in [0.15, 0.2) is 0 Å². The van der Waals surface area contributed by atoms with Crippen molar-refractivity contribution in [3.8, 4) is 0 Å². The summed E-state index contributed by atoms with van der Waals surface area (Å²) in [7, 11) is 0. The second-order valence-corrected chi connectivity index (χ2v) is 6.63. The lowest BCUT2D eigenvalue weighted by molar-refractivity contribution is 0.366. The van der Waals surface area contributed by atoms with E-state index in [1.54, 1.807) is 0 Å². The Balaban J connectivity index is 1.77. The van der Waals surface area contributed by atoms with Crippen LogP contribution in [0.15, 0.2) is 12.1 Å². The molecule has 3 rings (SSSR count). The van der Waals surface area contributed by atoms with Gasteiger partial charge in [0.2, 0.25) is 0 Å². The number of rotatable bonds is 5. The number of nitrogens with one attached hydrogen (secondary N) is 1. The third kappa shape index (κ3) is 3.23. The molecular weight excluding hydrogens is 258 g/mol. The van der Waals surface area contributed by atoms with Crippen molar-refractivity contribution >= 4 is 5.82 Å². The van der Waals surface area contributed by atoms with Gasteiger partial charge in [-0.2, -0.15) is 0 Å². The molecule has 0 saturated carbocycles. The molecule has 3 nitrogen and oxygen atoms in total. The van der Waals surface area contributed by atoms with Gasteiger partial charge in [0.25, 0.3) is 0 Å². The molecular formula is C18H29N3. The summed E-state index contributed by atoms with van der Waals surface area (Å²) >= 11 is 0. The van der Waals surface area contributed by atoms with Crippen LogP contribution >= 0.6 is 0 Å². The first-order valence-corrected chi connectivity index (χ1v) is 8.78. The lowest BCUT2D eigenvalue weighted by atomic mass is 9.96. The summed E-state index contributed by atoms with van der Waals surface area (Å²) in [5.74, 6) is 1.21. The highest BCUT2D eigenvalue weighted by Gasteiger charge is 2.28. The maximum atomic E-state index is 4.99. The quantitative estimate of drug-likeness (QED) is 0.900. The SMILES string of the molecule is CCCNC(C)C1CCCCN1c1ccc2c(n1)CCC2. The van der Waals surface area contributed by atoms with Crippen molar-refractivity contribution in [2.45, 2.75) is 70.9 Å². The van der Waals surface area contributed by atoms with E-state index in [2.05, 4.69) is 36.2 Å². The summed E-state index contributed by atoms with van der Waals surface area (Å²) in [5.41, 5.74) is 2.83. The second-order valence-electron chi connectivity index (χ2n) is 6.63. The number of aryl methyl sites for hydroxylation is 2. The Morgan fingerprint density at radius 1 is 1.29 bits per heavy atom. The third-order valence-electron chi connectivity index (χ3n) is 5.05.